The molecule has 0 radical (unpaired) electrons. The number of amides is 3. The molecule has 4 aromatic rings. The average Bonchev–Trinajstić information content (AvgIpc) is 3.62. The van der Waals surface area contributed by atoms with Crippen molar-refractivity contribution in [2.24, 2.45) is 0 Å². The number of carbonyl (C=O) groups is 2. The summed E-state index contributed by atoms with van der Waals surface area (Å²) in [4.78, 5) is 28.2. The molecule has 1 aliphatic heterocycles. The van der Waals surface area contributed by atoms with Crippen molar-refractivity contribution in [3.8, 4) is 0 Å². The first-order valence-corrected chi connectivity index (χ1v) is 16.1. The molecular weight excluding hydrogens is 546 g/mol. The fraction of sp³-hybridized carbons (Fsp3) is 0.379. The zero-order valence-corrected chi connectivity index (χ0v) is 24.4. The maximum atomic E-state index is 13.7. The quantitative estimate of drug-likeness (QED) is 0.269. The van der Waals surface area contributed by atoms with Crippen LogP contribution in [0.5, 0.6) is 0 Å². The maximum Gasteiger partial charge on any atom is 0.317 e. The van der Waals surface area contributed by atoms with Crippen molar-refractivity contribution >= 4 is 60.8 Å². The van der Waals surface area contributed by atoms with Crippen LogP contribution in [0.2, 0.25) is 0 Å². The Morgan fingerprint density at radius 1 is 0.975 bits per heavy atom. The van der Waals surface area contributed by atoms with Crippen molar-refractivity contribution < 1.29 is 18.0 Å². The monoisotopic (exact) mass is 581 g/mol. The third kappa shape index (κ3) is 5.45. The molecule has 0 spiro atoms. The number of hydrogen-bond donors (Lipinski definition) is 2. The van der Waals surface area contributed by atoms with Crippen LogP contribution in [0.15, 0.2) is 64.2 Å². The molecule has 2 N–H and O–H groups in total. The molecule has 3 heterocycles. The van der Waals surface area contributed by atoms with Gasteiger partial charge in [0.2, 0.25) is 5.91 Å². The number of urea groups is 1. The van der Waals surface area contributed by atoms with Crippen molar-refractivity contribution in [2.45, 2.75) is 49.9 Å². The van der Waals surface area contributed by atoms with Crippen molar-refractivity contribution in [1.29, 1.82) is 0 Å². The number of piperazine rings is 1. The van der Waals surface area contributed by atoms with Gasteiger partial charge in [-0.1, -0.05) is 44.0 Å². The highest BCUT2D eigenvalue weighted by Gasteiger charge is 2.41. The van der Waals surface area contributed by atoms with Crippen LogP contribution in [0.4, 0.5) is 10.5 Å². The molecule has 1 fully saturated rings. The minimum Gasteiger partial charge on any atom is -0.341 e. The van der Waals surface area contributed by atoms with E-state index in [0.29, 0.717) is 12.2 Å². The van der Waals surface area contributed by atoms with Gasteiger partial charge in [-0.25, -0.2) is 13.2 Å². The normalized spacial score (nSPS) is 16.4. The summed E-state index contributed by atoms with van der Waals surface area (Å²) in [5.41, 5.74) is 2.75. The zero-order chi connectivity index (χ0) is 28.3. The van der Waals surface area contributed by atoms with Crippen LogP contribution in [0.25, 0.3) is 21.8 Å². The predicted molar refractivity (Wildman–Crippen MR) is 160 cm³/mol. The second-order valence-electron chi connectivity index (χ2n) is 9.93. The second kappa shape index (κ2) is 12.0. The number of fused-ring (bicyclic) bond motifs is 3. The molecule has 0 aliphatic carbocycles. The van der Waals surface area contributed by atoms with Crippen LogP contribution in [-0.2, 0) is 21.4 Å². The van der Waals surface area contributed by atoms with Gasteiger partial charge in [0.05, 0.1) is 0 Å². The molecule has 0 bridgehead atoms. The summed E-state index contributed by atoms with van der Waals surface area (Å²) in [5, 5.41) is 9.65. The molecule has 1 saturated heterocycles. The number of hydrogen-bond acceptors (Lipinski definition) is 5. The predicted octanol–water partition coefficient (Wildman–Crippen LogP) is 5.09. The maximum absolute atomic E-state index is 13.7. The molecule has 40 heavy (non-hydrogen) atoms. The molecule has 11 heteroatoms. The number of thiophene rings is 1. The van der Waals surface area contributed by atoms with Gasteiger partial charge in [-0.3, -0.25) is 4.79 Å². The van der Waals surface area contributed by atoms with E-state index in [4.69, 9.17) is 0 Å². The van der Waals surface area contributed by atoms with Gasteiger partial charge in [-0.15, -0.1) is 11.3 Å². The fourth-order valence-electron chi connectivity index (χ4n) is 5.36. The highest BCUT2D eigenvalue weighted by molar-refractivity contribution is 7.91. The number of nitrogens with zero attached hydrogens (tertiary/aromatic N) is 3. The lowest BCUT2D eigenvalue weighted by Gasteiger charge is -2.39. The van der Waals surface area contributed by atoms with Gasteiger partial charge in [0.15, 0.2) is 0 Å². The minimum absolute atomic E-state index is 0.0315. The average molecular weight is 582 g/mol. The fourth-order valence-corrected chi connectivity index (χ4v) is 8.05. The smallest absolute Gasteiger partial charge is 0.317 e. The van der Waals surface area contributed by atoms with Gasteiger partial charge in [0, 0.05) is 60.2 Å². The first-order chi connectivity index (χ1) is 19.3. The molecule has 212 valence electrons. The summed E-state index contributed by atoms with van der Waals surface area (Å²) in [6.07, 6.45) is 2.93. The summed E-state index contributed by atoms with van der Waals surface area (Å²) in [6.45, 7) is 5.75. The number of benzene rings is 2. The number of anilines is 1. The van der Waals surface area contributed by atoms with Crippen molar-refractivity contribution in [3.63, 3.8) is 0 Å². The van der Waals surface area contributed by atoms with E-state index in [9.17, 15) is 18.0 Å². The Kier molecular flexibility index (Phi) is 8.43. The highest BCUT2D eigenvalue weighted by atomic mass is 32.2. The van der Waals surface area contributed by atoms with Gasteiger partial charge in [0.25, 0.3) is 10.0 Å². The molecule has 2 aromatic carbocycles. The lowest BCUT2D eigenvalue weighted by atomic mass is 10.1. The van der Waals surface area contributed by atoms with Gasteiger partial charge >= 0.3 is 6.03 Å². The summed E-state index contributed by atoms with van der Waals surface area (Å²) in [7, 11) is -3.91. The number of carbonyl (C=O) groups excluding carboxylic acids is 2. The lowest BCUT2D eigenvalue weighted by molar-refractivity contribution is -0.121. The first-order valence-electron chi connectivity index (χ1n) is 13.7. The van der Waals surface area contributed by atoms with E-state index in [-0.39, 0.29) is 29.9 Å². The number of para-hydroxylation sites is 1. The Morgan fingerprint density at radius 2 is 1.77 bits per heavy atom. The number of sulfonamides is 1. The molecule has 3 amide bonds. The van der Waals surface area contributed by atoms with Crippen LogP contribution in [0.3, 0.4) is 0 Å². The zero-order valence-electron chi connectivity index (χ0n) is 22.8. The summed E-state index contributed by atoms with van der Waals surface area (Å²) in [5.74, 6) is -0.470. The lowest BCUT2D eigenvalue weighted by Crippen LogP contribution is -2.61. The topological polar surface area (TPSA) is 104 Å². The van der Waals surface area contributed by atoms with E-state index < -0.39 is 22.0 Å². The van der Waals surface area contributed by atoms with E-state index in [1.165, 1.54) is 9.21 Å². The number of rotatable bonds is 9. The van der Waals surface area contributed by atoms with Gasteiger partial charge in [0.1, 0.15) is 10.3 Å². The molecule has 1 atom stereocenters. The van der Waals surface area contributed by atoms with E-state index >= 15 is 0 Å². The molecule has 0 saturated carbocycles. The Bertz CT molecular complexity index is 1610. The summed E-state index contributed by atoms with van der Waals surface area (Å²) < 4.78 is 30.7. The van der Waals surface area contributed by atoms with Crippen LogP contribution in [0.1, 0.15) is 33.1 Å². The molecule has 5 rings (SSSR count). The van der Waals surface area contributed by atoms with Gasteiger partial charge < -0.3 is 20.1 Å². The Morgan fingerprint density at radius 3 is 2.52 bits per heavy atom. The first kappa shape index (κ1) is 28.1. The second-order valence-corrected chi connectivity index (χ2v) is 13.0. The van der Waals surface area contributed by atoms with Gasteiger partial charge in [-0.05, 0) is 49.1 Å². The molecule has 2 aromatic heterocycles. The number of aryl methyl sites for hydroxylation is 1. The van der Waals surface area contributed by atoms with Crippen LogP contribution < -0.4 is 10.6 Å². The standard InChI is InChI=1S/C29H35N5O4S2/c1-3-5-8-15-30-29(36)32-16-17-34(40(37,38)27-12-9-18-39-27)26(20-32)28(35)31-21-13-14-25-23(19-21)22-10-6-7-11-24(22)33(25)4-2/h6-7,9-14,18-19,26H,3-5,8,15-17,20H2,1-2H3,(H,30,36)(H,31,35). The van der Waals surface area contributed by atoms with E-state index in [0.717, 1.165) is 58.9 Å². The molecular formula is C29H35N5O4S2. The third-order valence-corrected chi connectivity index (χ3v) is 10.7. The Labute approximate surface area is 238 Å². The summed E-state index contributed by atoms with van der Waals surface area (Å²) in [6, 6.07) is 15.7. The Balaban J connectivity index is 1.42. The number of aromatic nitrogens is 1. The SMILES string of the molecule is CCCCCNC(=O)N1CCN(S(=O)(=O)c2cccs2)C(C(=O)Nc2ccc3c(c2)c2ccccc2n3CC)C1. The largest absolute Gasteiger partial charge is 0.341 e. The van der Waals surface area contributed by atoms with Crippen LogP contribution in [-0.4, -0.2) is 66.3 Å². The van der Waals surface area contributed by atoms with E-state index in [1.54, 1.807) is 17.5 Å². The van der Waals surface area contributed by atoms with Crippen molar-refractivity contribution in [2.75, 3.05) is 31.5 Å². The minimum atomic E-state index is -3.91. The van der Waals surface area contributed by atoms with Crippen LogP contribution in [0, 0.1) is 0 Å². The van der Waals surface area contributed by atoms with Crippen LogP contribution >= 0.6 is 11.3 Å². The van der Waals surface area contributed by atoms with E-state index in [2.05, 4.69) is 41.2 Å². The van der Waals surface area contributed by atoms with Gasteiger partial charge in [-0.2, -0.15) is 4.31 Å². The van der Waals surface area contributed by atoms with Crippen molar-refractivity contribution in [1.82, 2.24) is 19.1 Å². The highest BCUT2D eigenvalue weighted by Crippen LogP contribution is 2.31. The third-order valence-electron chi connectivity index (χ3n) is 7.39. The number of unbranched alkanes of at least 4 members (excludes halogenated alkanes) is 2. The molecule has 1 aliphatic rings. The summed E-state index contributed by atoms with van der Waals surface area (Å²) >= 11 is 1.11. The molecule has 9 nitrogen and oxygen atoms in total. The number of nitrogens with one attached hydrogen (secondary N) is 2. The van der Waals surface area contributed by atoms with E-state index in [1.807, 2.05) is 30.3 Å². The Hall–Kier alpha value is -3.41. The van der Waals surface area contributed by atoms with Crippen molar-refractivity contribution in [3.05, 3.63) is 60.0 Å². The molecule has 1 unspecified atom stereocenters.